The molecule has 3 nitrogen and oxygen atoms in total. The SMILES string of the molecule is CCC1CCCC(O)(C2(C#N)COc3ccccc3C2)C1. The average Bonchev–Trinajstić information content (AvgIpc) is 2.54. The van der Waals surface area contributed by atoms with Crippen molar-refractivity contribution in [3.63, 3.8) is 0 Å². The fourth-order valence-electron chi connectivity index (χ4n) is 3.99. The predicted octanol–water partition coefficient (Wildman–Crippen LogP) is 3.46. The van der Waals surface area contributed by atoms with E-state index in [-0.39, 0.29) is 0 Å². The minimum Gasteiger partial charge on any atom is -0.492 e. The average molecular weight is 285 g/mol. The Morgan fingerprint density at radius 1 is 1.43 bits per heavy atom. The number of fused-ring (bicyclic) bond motifs is 1. The fourth-order valence-corrected chi connectivity index (χ4v) is 3.99. The number of ether oxygens (including phenoxy) is 1. The van der Waals surface area contributed by atoms with Crippen LogP contribution >= 0.6 is 0 Å². The molecule has 0 spiro atoms. The number of hydrogen-bond acceptors (Lipinski definition) is 3. The van der Waals surface area contributed by atoms with Crippen LogP contribution in [-0.4, -0.2) is 17.3 Å². The summed E-state index contributed by atoms with van der Waals surface area (Å²) in [5.74, 6) is 1.38. The lowest BCUT2D eigenvalue weighted by Gasteiger charge is -2.48. The minimum absolute atomic E-state index is 0.299. The molecule has 1 heterocycles. The van der Waals surface area contributed by atoms with Gasteiger partial charge in [0.25, 0.3) is 0 Å². The third-order valence-corrected chi connectivity index (χ3v) is 5.45. The van der Waals surface area contributed by atoms with Crippen LogP contribution in [0.2, 0.25) is 0 Å². The molecule has 1 aliphatic heterocycles. The highest BCUT2D eigenvalue weighted by molar-refractivity contribution is 5.38. The van der Waals surface area contributed by atoms with Crippen LogP contribution in [0, 0.1) is 22.7 Å². The van der Waals surface area contributed by atoms with E-state index in [4.69, 9.17) is 4.74 Å². The Kier molecular flexibility index (Phi) is 3.67. The lowest BCUT2D eigenvalue weighted by atomic mass is 9.60. The molecule has 0 radical (unpaired) electrons. The zero-order valence-electron chi connectivity index (χ0n) is 12.6. The van der Waals surface area contributed by atoms with E-state index in [1.54, 1.807) is 0 Å². The van der Waals surface area contributed by atoms with E-state index in [1.165, 1.54) is 0 Å². The Morgan fingerprint density at radius 3 is 3.00 bits per heavy atom. The topological polar surface area (TPSA) is 53.2 Å². The Bertz CT molecular complexity index is 565. The molecule has 112 valence electrons. The highest BCUT2D eigenvalue weighted by Crippen LogP contribution is 2.49. The monoisotopic (exact) mass is 285 g/mol. The first-order valence-corrected chi connectivity index (χ1v) is 7.97. The highest BCUT2D eigenvalue weighted by Gasteiger charge is 2.54. The lowest BCUT2D eigenvalue weighted by molar-refractivity contribution is -0.115. The van der Waals surface area contributed by atoms with Crippen LogP contribution in [0.4, 0.5) is 0 Å². The summed E-state index contributed by atoms with van der Waals surface area (Å²) >= 11 is 0. The summed E-state index contributed by atoms with van der Waals surface area (Å²) in [6, 6.07) is 10.3. The van der Waals surface area contributed by atoms with Crippen molar-refractivity contribution in [3.8, 4) is 11.8 Å². The summed E-state index contributed by atoms with van der Waals surface area (Å²) in [6.07, 6.45) is 5.26. The standard InChI is InChI=1S/C18H23NO2/c1-2-14-6-5-9-18(20,10-14)17(12-19)11-15-7-3-4-8-16(15)21-13-17/h3-4,7-8,14,20H,2,5-6,9-11,13H2,1H3. The van der Waals surface area contributed by atoms with Gasteiger partial charge in [-0.15, -0.1) is 0 Å². The smallest absolute Gasteiger partial charge is 0.124 e. The second-order valence-electron chi connectivity index (χ2n) is 6.67. The third-order valence-electron chi connectivity index (χ3n) is 5.45. The number of hydrogen-bond donors (Lipinski definition) is 1. The number of benzene rings is 1. The van der Waals surface area contributed by atoms with Gasteiger partial charge < -0.3 is 9.84 Å². The normalized spacial score (nSPS) is 35.4. The van der Waals surface area contributed by atoms with Gasteiger partial charge in [-0.25, -0.2) is 0 Å². The molecule has 0 aromatic heterocycles. The summed E-state index contributed by atoms with van der Waals surface area (Å²) < 4.78 is 5.84. The van der Waals surface area contributed by atoms with Crippen molar-refractivity contribution in [2.45, 2.75) is 51.0 Å². The van der Waals surface area contributed by atoms with E-state index in [0.717, 1.165) is 37.0 Å². The van der Waals surface area contributed by atoms with E-state index in [0.29, 0.717) is 25.4 Å². The highest BCUT2D eigenvalue weighted by atomic mass is 16.5. The van der Waals surface area contributed by atoms with Crippen molar-refractivity contribution in [1.29, 1.82) is 5.26 Å². The molecule has 0 saturated heterocycles. The van der Waals surface area contributed by atoms with Crippen LogP contribution in [0.1, 0.15) is 44.6 Å². The number of rotatable bonds is 2. The van der Waals surface area contributed by atoms with Gasteiger partial charge >= 0.3 is 0 Å². The van der Waals surface area contributed by atoms with Crippen molar-refractivity contribution in [2.75, 3.05) is 6.61 Å². The Hall–Kier alpha value is -1.53. The zero-order valence-corrected chi connectivity index (χ0v) is 12.6. The Morgan fingerprint density at radius 2 is 2.24 bits per heavy atom. The van der Waals surface area contributed by atoms with E-state index in [2.05, 4.69) is 13.0 Å². The Labute approximate surface area is 126 Å². The van der Waals surface area contributed by atoms with Crippen LogP contribution in [0.25, 0.3) is 0 Å². The fraction of sp³-hybridized carbons (Fsp3) is 0.611. The van der Waals surface area contributed by atoms with Gasteiger partial charge in [-0.2, -0.15) is 5.26 Å². The molecule has 3 atom stereocenters. The van der Waals surface area contributed by atoms with Gasteiger partial charge in [0, 0.05) is 6.42 Å². The van der Waals surface area contributed by atoms with Crippen molar-refractivity contribution >= 4 is 0 Å². The molecular formula is C18H23NO2. The molecule has 1 N–H and O–H groups in total. The van der Waals surface area contributed by atoms with Crippen LogP contribution in [-0.2, 0) is 6.42 Å². The van der Waals surface area contributed by atoms with Gasteiger partial charge in [0.15, 0.2) is 0 Å². The first kappa shape index (κ1) is 14.4. The molecule has 3 heteroatoms. The molecule has 3 rings (SSSR count). The first-order chi connectivity index (χ1) is 10.1. The van der Waals surface area contributed by atoms with Crippen LogP contribution in [0.15, 0.2) is 24.3 Å². The van der Waals surface area contributed by atoms with Gasteiger partial charge in [0.2, 0.25) is 0 Å². The largest absolute Gasteiger partial charge is 0.492 e. The number of aliphatic hydroxyl groups is 1. The lowest BCUT2D eigenvalue weighted by Crippen LogP contribution is -2.56. The van der Waals surface area contributed by atoms with Gasteiger partial charge in [-0.1, -0.05) is 44.4 Å². The van der Waals surface area contributed by atoms with E-state index >= 15 is 0 Å². The van der Waals surface area contributed by atoms with Gasteiger partial charge in [-0.05, 0) is 30.4 Å². The van der Waals surface area contributed by atoms with Crippen LogP contribution in [0.3, 0.4) is 0 Å². The number of para-hydroxylation sites is 1. The summed E-state index contributed by atoms with van der Waals surface area (Å²) in [5.41, 5.74) is -0.694. The number of nitrogens with zero attached hydrogens (tertiary/aromatic N) is 1. The molecule has 1 saturated carbocycles. The Balaban J connectivity index is 1.93. The molecular weight excluding hydrogens is 262 g/mol. The zero-order chi connectivity index (χ0) is 14.9. The molecule has 0 bridgehead atoms. The summed E-state index contributed by atoms with van der Waals surface area (Å²) in [7, 11) is 0. The molecule has 2 aliphatic rings. The third kappa shape index (κ3) is 2.32. The van der Waals surface area contributed by atoms with Gasteiger partial charge in [-0.3, -0.25) is 0 Å². The second kappa shape index (κ2) is 5.35. The van der Waals surface area contributed by atoms with Gasteiger partial charge in [0.1, 0.15) is 17.8 Å². The molecule has 1 aromatic rings. The summed E-state index contributed by atoms with van der Waals surface area (Å²) in [6.45, 7) is 2.47. The van der Waals surface area contributed by atoms with Crippen LogP contribution < -0.4 is 4.74 Å². The maximum Gasteiger partial charge on any atom is 0.124 e. The molecule has 3 unspecified atom stereocenters. The number of nitriles is 1. The molecule has 1 aromatic carbocycles. The quantitative estimate of drug-likeness (QED) is 0.905. The van der Waals surface area contributed by atoms with Crippen LogP contribution in [0.5, 0.6) is 5.75 Å². The molecule has 1 aliphatic carbocycles. The van der Waals surface area contributed by atoms with Crippen molar-refractivity contribution < 1.29 is 9.84 Å². The van der Waals surface area contributed by atoms with E-state index in [9.17, 15) is 10.4 Å². The van der Waals surface area contributed by atoms with Crippen molar-refractivity contribution in [2.24, 2.45) is 11.3 Å². The first-order valence-electron chi connectivity index (χ1n) is 7.97. The van der Waals surface area contributed by atoms with Gasteiger partial charge in [0.05, 0.1) is 11.7 Å². The van der Waals surface area contributed by atoms with E-state index < -0.39 is 11.0 Å². The minimum atomic E-state index is -0.922. The molecule has 1 fully saturated rings. The molecule has 0 amide bonds. The molecule has 21 heavy (non-hydrogen) atoms. The summed E-state index contributed by atoms with van der Waals surface area (Å²) in [4.78, 5) is 0. The summed E-state index contributed by atoms with van der Waals surface area (Å²) in [5, 5.41) is 21.1. The van der Waals surface area contributed by atoms with E-state index in [1.807, 2.05) is 24.3 Å². The maximum absolute atomic E-state index is 11.3. The van der Waals surface area contributed by atoms with Crippen molar-refractivity contribution in [3.05, 3.63) is 29.8 Å². The maximum atomic E-state index is 11.3. The van der Waals surface area contributed by atoms with Crippen molar-refractivity contribution in [1.82, 2.24) is 0 Å². The second-order valence-corrected chi connectivity index (χ2v) is 6.67. The predicted molar refractivity (Wildman–Crippen MR) is 80.9 cm³/mol.